The summed E-state index contributed by atoms with van der Waals surface area (Å²) in [6.45, 7) is 4.17. The van der Waals surface area contributed by atoms with Crippen LogP contribution in [0.2, 0.25) is 0 Å². The second-order valence-corrected chi connectivity index (χ2v) is 91.2. The smallest absolute Gasteiger partial charge is 0.146 e. The summed E-state index contributed by atoms with van der Waals surface area (Å²) in [6.07, 6.45) is 2.07. The third-order valence-corrected chi connectivity index (χ3v) is 107. The summed E-state index contributed by atoms with van der Waals surface area (Å²) < 4.78 is 3.03. The van der Waals surface area contributed by atoms with Crippen LogP contribution in [0.4, 0.5) is 0 Å². The predicted octanol–water partition coefficient (Wildman–Crippen LogP) is 3.75. The van der Waals surface area contributed by atoms with Crippen molar-refractivity contribution in [3.63, 3.8) is 0 Å². The summed E-state index contributed by atoms with van der Waals surface area (Å²) >= 11 is 13.1. The number of benzene rings is 1. The van der Waals surface area contributed by atoms with Gasteiger partial charge in [-0.2, -0.15) is 0 Å². The lowest BCUT2D eigenvalue weighted by molar-refractivity contribution is 1.11. The molecule has 2 nitrogen and oxygen atoms in total. The van der Waals surface area contributed by atoms with Crippen LogP contribution in [0, 0.1) is 13.8 Å². The maximum absolute atomic E-state index is 4.81. The Kier molecular flexibility index (Phi) is 60.1. The minimum Gasteiger partial charge on any atom is -0.303 e. The molecule has 0 radical (unpaired) electrons. The summed E-state index contributed by atoms with van der Waals surface area (Å²) in [5.41, 5.74) is 3.43. The van der Waals surface area contributed by atoms with Crippen LogP contribution in [-0.4, -0.2) is 9.38 Å². The third kappa shape index (κ3) is 42.9. The monoisotopic (exact) mass is 1840 g/mol. The Morgan fingerprint density at radius 1 is 0.369 bits per heavy atom. The standard InChI is InChI=1S/C13H11BrN2.S49/c1-8-3-4-11-10(7-8)5-6-16-9(2)12(14)15-13(11)16;1-3-5-7-9-11-13-15-17-19-21-23-25-27-29-31-33-35-37-39-41-43-45-47-49-48-46-44-42-40-38-36-34-32-30-28-26-24-22-20-18-16-14-12-10-8-6-4-2/h3-7H,1-2H3;. The van der Waals surface area contributed by atoms with Crippen molar-refractivity contribution in [3.05, 3.63) is 46.3 Å². The number of rotatable bonds is 0. The van der Waals surface area contributed by atoms with Crippen LogP contribution in [0.1, 0.15) is 11.3 Å². The minimum atomic E-state index is 0.917. The molecule has 65 heavy (non-hydrogen) atoms. The molecule has 0 unspecified atom stereocenters. The number of hydrogen-bond acceptors (Lipinski definition) is 3. The van der Waals surface area contributed by atoms with Crippen molar-refractivity contribution in [2.45, 2.75) is 13.8 Å². The molecular weight excluding hydrogens is 1840 g/mol. The largest absolute Gasteiger partial charge is 0.303 e. The van der Waals surface area contributed by atoms with Crippen LogP contribution >= 0.6 is 15.9 Å². The number of aryl methyl sites for hydroxylation is 2. The van der Waals surface area contributed by atoms with Crippen LogP contribution in [0.15, 0.2) is 35.1 Å². The Labute approximate surface area is 527 Å². The normalized spacial score (nSPS) is 8.66. The van der Waals surface area contributed by atoms with Gasteiger partial charge in [0.1, 0.15) is 10.3 Å². The van der Waals surface area contributed by atoms with E-state index in [1.165, 1.54) is 34.1 Å². The SMILES string of the molecule is Cc1ccc2c(ccn3c(C)c(Br)nc23)c1.S=S=S=S=S=S=S=S=S=S=S=S=S=S=S=S=S=S=S=S=S=S=S=S=S=S=S=S=S=S=S=S=S=S=S=S=S=S=S=S=S=S=S=S=S=S=S=S=S. The average molecular weight is 1850 g/mol. The topological polar surface area (TPSA) is 17.3 Å². The van der Waals surface area contributed by atoms with Gasteiger partial charge in [-0.25, -0.2) is 4.98 Å². The van der Waals surface area contributed by atoms with E-state index in [0.29, 0.717) is 0 Å². The summed E-state index contributed by atoms with van der Waals surface area (Å²) in [7, 11) is 83.9. The number of fused-ring (bicyclic) bond motifs is 3. The molecule has 0 saturated heterocycles. The van der Waals surface area contributed by atoms with E-state index in [0.717, 1.165) is 15.9 Å². The molecule has 0 aliphatic rings. The predicted molar refractivity (Wildman–Crippen MR) is 431 cm³/mol. The van der Waals surface area contributed by atoms with Crippen LogP contribution in [0.5, 0.6) is 0 Å². The first-order valence-electron chi connectivity index (χ1n) is 13.2. The summed E-state index contributed by atoms with van der Waals surface area (Å²) in [5.74, 6) is 0. The van der Waals surface area contributed by atoms with E-state index in [2.05, 4.69) is 69.6 Å². The number of hydrogen-bond donors (Lipinski definition) is 0. The number of imidazole rings is 1. The Balaban J connectivity index is 0.000000741. The van der Waals surface area contributed by atoms with E-state index >= 15 is 0 Å². The molecule has 1 aromatic carbocycles. The molecule has 2 heterocycles. The molecule has 0 aliphatic heterocycles. The highest BCUT2D eigenvalue weighted by Crippen LogP contribution is 2.25. The molecule has 2 aromatic heterocycles. The Morgan fingerprint density at radius 3 is 0.862 bits per heavy atom. The van der Waals surface area contributed by atoms with Gasteiger partial charge in [0, 0.05) is 451 Å². The summed E-state index contributed by atoms with van der Waals surface area (Å²) in [4.78, 5) is 4.55. The summed E-state index contributed by atoms with van der Waals surface area (Å²) in [5, 5.41) is 2.44. The Hall–Kier alpha value is 9.43. The second-order valence-electron chi connectivity index (χ2n) is 7.29. The van der Waals surface area contributed by atoms with E-state index < -0.39 is 0 Å². The van der Waals surface area contributed by atoms with Crippen molar-refractivity contribution in [3.8, 4) is 0 Å². The minimum absolute atomic E-state index is 0.917. The van der Waals surface area contributed by atoms with Crippen molar-refractivity contribution in [2.75, 3.05) is 0 Å². The van der Waals surface area contributed by atoms with Gasteiger partial charge in [-0.15, -0.1) is 0 Å². The van der Waals surface area contributed by atoms with Crippen molar-refractivity contribution in [1.29, 1.82) is 0 Å². The molecule has 0 spiro atoms. The molecule has 0 aliphatic carbocycles. The van der Waals surface area contributed by atoms with Gasteiger partial charge in [0.05, 0.1) is 5.69 Å². The molecule has 0 atom stereocenters. The van der Waals surface area contributed by atoms with Crippen molar-refractivity contribution in [1.82, 2.24) is 9.38 Å². The van der Waals surface area contributed by atoms with Gasteiger partial charge >= 0.3 is 0 Å². The van der Waals surface area contributed by atoms with Crippen LogP contribution in [0.25, 0.3) is 16.4 Å². The van der Waals surface area contributed by atoms with E-state index in [-0.39, 0.29) is 0 Å². The lowest BCUT2D eigenvalue weighted by atomic mass is 10.1. The number of pyridine rings is 1. The molecule has 0 bridgehead atoms. The summed E-state index contributed by atoms with van der Waals surface area (Å²) in [6, 6.07) is 8.59. The van der Waals surface area contributed by atoms with Gasteiger partial charge in [-0.3, -0.25) is 0 Å². The quantitative estimate of drug-likeness (QED) is 0.342. The number of nitrogens with zero attached hydrogens (tertiary/aromatic N) is 2. The molecule has 0 fully saturated rings. The first kappa shape index (κ1) is 70.5. The third-order valence-electron chi connectivity index (χ3n) is 4.22. The fraction of sp³-hybridized carbons (Fsp3) is 0.154. The fourth-order valence-electron chi connectivity index (χ4n) is 2.55. The number of halogens is 1. The van der Waals surface area contributed by atoms with Crippen LogP contribution < -0.4 is 0 Å². The molecule has 0 N–H and O–H groups in total. The molecule has 374 valence electrons. The molecule has 3 rings (SSSR count). The highest BCUT2D eigenvalue weighted by Gasteiger charge is 2.08. The molecule has 52 heteroatoms. The van der Waals surface area contributed by atoms with E-state index in [9.17, 15) is 0 Å². The van der Waals surface area contributed by atoms with E-state index in [4.69, 9.17) is 22.4 Å². The first-order valence-corrected chi connectivity index (χ1v) is 78.0. The second kappa shape index (κ2) is 55.3. The van der Waals surface area contributed by atoms with Gasteiger partial charge in [0.25, 0.3) is 0 Å². The molecule has 0 amide bonds. The zero-order chi connectivity index (χ0) is 46.5. The molecule has 0 saturated carbocycles. The molecule has 3 aromatic rings. The van der Waals surface area contributed by atoms with Gasteiger partial charge in [-0.1, -0.05) is 23.8 Å². The number of aromatic nitrogens is 2. The highest BCUT2D eigenvalue weighted by atomic mass is 79.9. The maximum atomic E-state index is 4.81. The van der Waals surface area contributed by atoms with Crippen LogP contribution in [-0.2, 0) is 440 Å². The van der Waals surface area contributed by atoms with Gasteiger partial charge < -0.3 is 4.40 Å². The first-order chi connectivity index (χ1) is 32.1. The van der Waals surface area contributed by atoms with E-state index in [1.54, 1.807) is 107 Å². The maximum Gasteiger partial charge on any atom is 0.146 e. The van der Waals surface area contributed by atoms with Crippen LogP contribution in [0.3, 0.4) is 0 Å². The van der Waals surface area contributed by atoms with Crippen molar-refractivity contribution in [2.24, 2.45) is 0 Å². The van der Waals surface area contributed by atoms with Gasteiger partial charge in [0.15, 0.2) is 0 Å². The van der Waals surface area contributed by atoms with Crippen molar-refractivity contribution >= 4 is 472 Å². The lowest BCUT2D eigenvalue weighted by Crippen LogP contribution is -1.88. The van der Waals surface area contributed by atoms with E-state index in [1.807, 2.05) is 293 Å². The molecular formula is C13H11BrN2S49. The van der Waals surface area contributed by atoms with Gasteiger partial charge in [0.2, 0.25) is 0 Å². The Morgan fingerprint density at radius 2 is 0.615 bits per heavy atom. The van der Waals surface area contributed by atoms with Gasteiger partial charge in [-0.05, 0) is 41.2 Å². The zero-order valence-corrected chi connectivity index (χ0v) is 70.8. The fourth-order valence-corrected chi connectivity index (χ4v) is 126. The van der Waals surface area contributed by atoms with Crippen molar-refractivity contribution < 1.29 is 0 Å². The Bertz CT molecular complexity index is 4300. The zero-order valence-electron chi connectivity index (χ0n) is 29.2. The highest BCUT2D eigenvalue weighted by molar-refractivity contribution is 9.10. The lowest BCUT2D eigenvalue weighted by Gasteiger charge is -2.02. The average Bonchev–Trinajstić information content (AvgIpc) is 3.61.